The molecule has 0 aliphatic carbocycles. The summed E-state index contributed by atoms with van der Waals surface area (Å²) in [5, 5.41) is 1.71. The molecular weight excluding hydrogens is 368 g/mol. The van der Waals surface area contributed by atoms with E-state index in [1.54, 1.807) is 11.3 Å². The Kier molecular flexibility index (Phi) is 4.25. The van der Waals surface area contributed by atoms with Gasteiger partial charge in [-0.2, -0.15) is 0 Å². The highest BCUT2D eigenvalue weighted by Crippen LogP contribution is 2.30. The molecular formula is C22H22N4OS. The van der Waals surface area contributed by atoms with E-state index in [-0.39, 0.29) is 5.56 Å². The number of nitrogens with zero attached hydrogens (tertiary/aromatic N) is 3. The predicted molar refractivity (Wildman–Crippen MR) is 115 cm³/mol. The molecule has 4 aromatic rings. The third-order valence-electron chi connectivity index (χ3n) is 5.66. The molecule has 1 saturated heterocycles. The predicted octanol–water partition coefficient (Wildman–Crippen LogP) is 4.32. The molecule has 5 rings (SSSR count). The first-order valence-corrected chi connectivity index (χ1v) is 10.5. The van der Waals surface area contributed by atoms with Gasteiger partial charge in [0.1, 0.15) is 5.82 Å². The van der Waals surface area contributed by atoms with Crippen molar-refractivity contribution in [1.29, 1.82) is 0 Å². The lowest BCUT2D eigenvalue weighted by Crippen LogP contribution is -2.30. The van der Waals surface area contributed by atoms with Crippen molar-refractivity contribution in [2.24, 2.45) is 0 Å². The van der Waals surface area contributed by atoms with Crippen molar-refractivity contribution in [2.45, 2.75) is 25.7 Å². The van der Waals surface area contributed by atoms with Gasteiger partial charge >= 0.3 is 0 Å². The number of H-pyrrole nitrogens is 1. The quantitative estimate of drug-likeness (QED) is 0.554. The van der Waals surface area contributed by atoms with Crippen molar-refractivity contribution >= 4 is 32.5 Å². The number of piperidine rings is 1. The smallest absolute Gasteiger partial charge is 0.258 e. The van der Waals surface area contributed by atoms with Crippen LogP contribution in [0.1, 0.15) is 29.6 Å². The van der Waals surface area contributed by atoms with E-state index in [2.05, 4.69) is 40.1 Å². The van der Waals surface area contributed by atoms with Gasteiger partial charge in [-0.15, -0.1) is 11.3 Å². The number of thiazole rings is 1. The van der Waals surface area contributed by atoms with E-state index < -0.39 is 0 Å². The van der Waals surface area contributed by atoms with Crippen molar-refractivity contribution in [3.8, 4) is 11.1 Å². The highest BCUT2D eigenvalue weighted by Gasteiger charge is 2.21. The maximum atomic E-state index is 12.8. The van der Waals surface area contributed by atoms with Crippen LogP contribution in [-0.2, 0) is 0 Å². The lowest BCUT2D eigenvalue weighted by Gasteiger charge is -2.28. The summed E-state index contributed by atoms with van der Waals surface area (Å²) in [4.78, 5) is 27.5. The van der Waals surface area contributed by atoms with E-state index in [4.69, 9.17) is 4.98 Å². The Morgan fingerprint density at radius 1 is 1.04 bits per heavy atom. The topological polar surface area (TPSA) is 61.9 Å². The fourth-order valence-electron chi connectivity index (χ4n) is 4.03. The molecule has 28 heavy (non-hydrogen) atoms. The SMILES string of the molecule is Cc1nc2ccc(-c3ccc4nc(C5CCN(C)CC5)[nH]c(=O)c4c3)cc2s1. The van der Waals surface area contributed by atoms with Crippen LogP contribution in [0.15, 0.2) is 41.2 Å². The summed E-state index contributed by atoms with van der Waals surface area (Å²) in [6, 6.07) is 12.2. The summed E-state index contributed by atoms with van der Waals surface area (Å²) in [5.74, 6) is 1.17. The third kappa shape index (κ3) is 3.12. The minimum absolute atomic E-state index is 0.0458. The Balaban J connectivity index is 1.54. The first-order valence-electron chi connectivity index (χ1n) is 9.67. The summed E-state index contributed by atoms with van der Waals surface area (Å²) in [7, 11) is 2.14. The second-order valence-electron chi connectivity index (χ2n) is 7.68. The zero-order valence-corrected chi connectivity index (χ0v) is 16.8. The molecule has 5 nitrogen and oxygen atoms in total. The molecule has 1 aliphatic heterocycles. The molecule has 0 unspecified atom stereocenters. The molecule has 0 amide bonds. The minimum atomic E-state index is -0.0458. The number of hydrogen-bond donors (Lipinski definition) is 1. The monoisotopic (exact) mass is 390 g/mol. The molecule has 0 bridgehead atoms. The molecule has 142 valence electrons. The highest BCUT2D eigenvalue weighted by molar-refractivity contribution is 7.18. The Hall–Kier alpha value is -2.57. The minimum Gasteiger partial charge on any atom is -0.310 e. The highest BCUT2D eigenvalue weighted by atomic mass is 32.1. The summed E-state index contributed by atoms with van der Waals surface area (Å²) in [6.45, 7) is 4.11. The van der Waals surface area contributed by atoms with Crippen molar-refractivity contribution in [3.63, 3.8) is 0 Å². The number of benzene rings is 2. The zero-order valence-electron chi connectivity index (χ0n) is 16.0. The van der Waals surface area contributed by atoms with Gasteiger partial charge in [-0.1, -0.05) is 12.1 Å². The van der Waals surface area contributed by atoms with Gasteiger partial charge in [0.2, 0.25) is 0 Å². The molecule has 1 fully saturated rings. The van der Waals surface area contributed by atoms with Crippen molar-refractivity contribution in [1.82, 2.24) is 19.9 Å². The normalized spacial score (nSPS) is 16.2. The number of aryl methyl sites for hydroxylation is 1. The molecule has 0 radical (unpaired) electrons. The molecule has 0 atom stereocenters. The van der Waals surface area contributed by atoms with Crippen LogP contribution >= 0.6 is 11.3 Å². The first kappa shape index (κ1) is 17.5. The number of likely N-dealkylation sites (tertiary alicyclic amines) is 1. The van der Waals surface area contributed by atoms with Gasteiger partial charge in [0, 0.05) is 5.92 Å². The molecule has 2 aromatic carbocycles. The van der Waals surface area contributed by atoms with Crippen LogP contribution in [0.2, 0.25) is 0 Å². The van der Waals surface area contributed by atoms with Gasteiger partial charge in [-0.25, -0.2) is 9.97 Å². The third-order valence-corrected chi connectivity index (χ3v) is 6.59. The fraction of sp³-hybridized carbons (Fsp3) is 0.318. The lowest BCUT2D eigenvalue weighted by molar-refractivity contribution is 0.251. The van der Waals surface area contributed by atoms with Gasteiger partial charge in [-0.05, 0) is 75.3 Å². The van der Waals surface area contributed by atoms with Gasteiger partial charge in [0.25, 0.3) is 5.56 Å². The van der Waals surface area contributed by atoms with Crippen molar-refractivity contribution in [3.05, 3.63) is 57.6 Å². The van der Waals surface area contributed by atoms with Gasteiger partial charge in [0.15, 0.2) is 0 Å². The lowest BCUT2D eigenvalue weighted by atomic mass is 9.96. The van der Waals surface area contributed by atoms with Crippen molar-refractivity contribution in [2.75, 3.05) is 20.1 Å². The van der Waals surface area contributed by atoms with Crippen LogP contribution < -0.4 is 5.56 Å². The number of aromatic amines is 1. The van der Waals surface area contributed by atoms with Crippen molar-refractivity contribution < 1.29 is 0 Å². The maximum absolute atomic E-state index is 12.8. The average molecular weight is 391 g/mol. The Bertz CT molecular complexity index is 1230. The molecule has 1 N–H and O–H groups in total. The Labute approximate surface area is 167 Å². The largest absolute Gasteiger partial charge is 0.310 e. The van der Waals surface area contributed by atoms with Crippen LogP contribution in [0.25, 0.3) is 32.2 Å². The number of nitrogens with one attached hydrogen (secondary N) is 1. The maximum Gasteiger partial charge on any atom is 0.258 e. The molecule has 3 heterocycles. The molecule has 0 saturated carbocycles. The summed E-state index contributed by atoms with van der Waals surface area (Å²) < 4.78 is 1.17. The molecule has 1 aliphatic rings. The van der Waals surface area contributed by atoms with Gasteiger partial charge in [0.05, 0.1) is 26.1 Å². The van der Waals surface area contributed by atoms with Gasteiger partial charge < -0.3 is 9.88 Å². The van der Waals surface area contributed by atoms with E-state index in [0.29, 0.717) is 11.3 Å². The van der Waals surface area contributed by atoms with Gasteiger partial charge in [-0.3, -0.25) is 4.79 Å². The number of aromatic nitrogens is 3. The van der Waals surface area contributed by atoms with E-state index in [1.807, 2.05) is 25.1 Å². The Morgan fingerprint density at radius 2 is 1.75 bits per heavy atom. The van der Waals surface area contributed by atoms with E-state index in [0.717, 1.165) is 58.9 Å². The Morgan fingerprint density at radius 3 is 2.54 bits per heavy atom. The number of hydrogen-bond acceptors (Lipinski definition) is 5. The molecule has 2 aromatic heterocycles. The van der Waals surface area contributed by atoms with E-state index in [9.17, 15) is 4.79 Å². The van der Waals surface area contributed by atoms with Crippen LogP contribution in [0.3, 0.4) is 0 Å². The summed E-state index contributed by atoms with van der Waals surface area (Å²) in [5.41, 5.74) is 3.87. The average Bonchev–Trinajstić information content (AvgIpc) is 3.07. The molecule has 0 spiro atoms. The standard InChI is InChI=1S/C22H22N4OS/c1-13-23-19-6-4-16(12-20(19)28-13)15-3-5-18-17(11-15)22(27)25-21(24-18)14-7-9-26(2)10-8-14/h3-6,11-12,14H,7-10H2,1-2H3,(H,24,25,27). The van der Waals surface area contributed by atoms with Crippen LogP contribution in [0.5, 0.6) is 0 Å². The summed E-state index contributed by atoms with van der Waals surface area (Å²) in [6.07, 6.45) is 2.08. The first-order chi connectivity index (χ1) is 13.6. The van der Waals surface area contributed by atoms with Crippen LogP contribution in [0.4, 0.5) is 0 Å². The number of fused-ring (bicyclic) bond motifs is 2. The second-order valence-corrected chi connectivity index (χ2v) is 8.91. The fourth-order valence-corrected chi connectivity index (χ4v) is 4.90. The number of rotatable bonds is 2. The van der Waals surface area contributed by atoms with E-state index >= 15 is 0 Å². The van der Waals surface area contributed by atoms with Crippen LogP contribution in [-0.4, -0.2) is 40.0 Å². The van der Waals surface area contributed by atoms with Crippen LogP contribution in [0, 0.1) is 6.92 Å². The molecule has 6 heteroatoms. The second kappa shape index (κ2) is 6.79. The zero-order chi connectivity index (χ0) is 19.3. The van der Waals surface area contributed by atoms with E-state index in [1.165, 1.54) is 4.70 Å². The summed E-state index contributed by atoms with van der Waals surface area (Å²) >= 11 is 1.69.